The molecule has 2 aromatic carbocycles. The van der Waals surface area contributed by atoms with Crippen LogP contribution in [0.1, 0.15) is 16.4 Å². The van der Waals surface area contributed by atoms with Gasteiger partial charge in [0.05, 0.1) is 12.8 Å². The molecule has 134 valence electrons. The Hall–Kier alpha value is -3.00. The van der Waals surface area contributed by atoms with Crippen LogP contribution >= 0.6 is 11.8 Å². The normalized spacial score (nSPS) is 11.8. The largest absolute Gasteiger partial charge is 0.495 e. The van der Waals surface area contributed by atoms with Crippen LogP contribution in [0.3, 0.4) is 0 Å². The second kappa shape index (κ2) is 7.92. The standard InChI is InChI=1S/C18H19N5O2S/c1-12-8-9-15(25-2)14(10-12)21-17(24)16(13-6-4-3-5-7-13)26-18-22-20-11-23(18)19/h3-11,16H,19H2,1-2H3,(H,21,24)/t16-/m0/s1. The maximum atomic E-state index is 13.0. The maximum Gasteiger partial charge on any atom is 0.242 e. The van der Waals surface area contributed by atoms with Gasteiger partial charge in [0.25, 0.3) is 0 Å². The second-order valence-electron chi connectivity index (χ2n) is 5.62. The van der Waals surface area contributed by atoms with Crippen LogP contribution in [0.5, 0.6) is 5.75 Å². The van der Waals surface area contributed by atoms with Crippen LogP contribution in [0.2, 0.25) is 0 Å². The Morgan fingerprint density at radius 1 is 1.27 bits per heavy atom. The summed E-state index contributed by atoms with van der Waals surface area (Å²) in [5.41, 5.74) is 2.48. The van der Waals surface area contributed by atoms with Crippen LogP contribution in [0.15, 0.2) is 60.0 Å². The van der Waals surface area contributed by atoms with Crippen LogP contribution in [-0.4, -0.2) is 27.9 Å². The summed E-state index contributed by atoms with van der Waals surface area (Å²) in [6, 6.07) is 15.1. The van der Waals surface area contributed by atoms with Crippen LogP contribution in [-0.2, 0) is 4.79 Å². The summed E-state index contributed by atoms with van der Waals surface area (Å²) in [6.45, 7) is 1.95. The van der Waals surface area contributed by atoms with E-state index in [2.05, 4.69) is 15.5 Å². The predicted molar refractivity (Wildman–Crippen MR) is 102 cm³/mol. The molecular formula is C18H19N5O2S. The number of carbonyl (C=O) groups is 1. The molecule has 8 heteroatoms. The number of ether oxygens (including phenoxy) is 1. The van der Waals surface area contributed by atoms with Crippen LogP contribution in [0, 0.1) is 6.92 Å². The number of rotatable bonds is 6. The molecule has 0 aliphatic heterocycles. The Morgan fingerprint density at radius 2 is 2.04 bits per heavy atom. The summed E-state index contributed by atoms with van der Waals surface area (Å²) in [5, 5.41) is 10.6. The molecule has 3 rings (SSSR count). The summed E-state index contributed by atoms with van der Waals surface area (Å²) >= 11 is 1.23. The summed E-state index contributed by atoms with van der Waals surface area (Å²) < 4.78 is 6.64. The predicted octanol–water partition coefficient (Wildman–Crippen LogP) is 2.78. The first kappa shape index (κ1) is 17.8. The number of aromatic nitrogens is 3. The smallest absolute Gasteiger partial charge is 0.242 e. The summed E-state index contributed by atoms with van der Waals surface area (Å²) in [7, 11) is 1.57. The van der Waals surface area contributed by atoms with Gasteiger partial charge in [-0.25, -0.2) is 4.68 Å². The molecule has 1 heterocycles. The molecule has 3 N–H and O–H groups in total. The van der Waals surface area contributed by atoms with E-state index in [0.717, 1.165) is 11.1 Å². The number of hydrogen-bond acceptors (Lipinski definition) is 6. The highest BCUT2D eigenvalue weighted by Gasteiger charge is 2.25. The number of carbonyl (C=O) groups excluding carboxylic acids is 1. The quantitative estimate of drug-likeness (QED) is 0.512. The van der Waals surface area contributed by atoms with Crippen molar-refractivity contribution in [3.8, 4) is 5.75 Å². The molecule has 0 fully saturated rings. The number of hydrogen-bond donors (Lipinski definition) is 2. The molecule has 0 unspecified atom stereocenters. The van der Waals surface area contributed by atoms with E-state index in [1.54, 1.807) is 7.11 Å². The van der Waals surface area contributed by atoms with Crippen molar-refractivity contribution in [2.75, 3.05) is 18.3 Å². The average Bonchev–Trinajstić information content (AvgIpc) is 3.05. The summed E-state index contributed by atoms with van der Waals surface area (Å²) in [6.07, 6.45) is 1.39. The van der Waals surface area contributed by atoms with Gasteiger partial charge in [-0.1, -0.05) is 48.2 Å². The molecule has 0 saturated heterocycles. The zero-order valence-electron chi connectivity index (χ0n) is 14.4. The number of nitrogen functional groups attached to an aromatic ring is 1. The molecule has 26 heavy (non-hydrogen) atoms. The second-order valence-corrected chi connectivity index (χ2v) is 6.69. The fourth-order valence-electron chi connectivity index (χ4n) is 2.44. The zero-order chi connectivity index (χ0) is 18.5. The number of nitrogens with zero attached hydrogens (tertiary/aromatic N) is 3. The van der Waals surface area contributed by atoms with E-state index in [0.29, 0.717) is 16.6 Å². The van der Waals surface area contributed by atoms with Crippen molar-refractivity contribution < 1.29 is 9.53 Å². The van der Waals surface area contributed by atoms with Gasteiger partial charge in [-0.15, -0.1) is 10.2 Å². The number of thioether (sulfide) groups is 1. The first-order valence-electron chi connectivity index (χ1n) is 7.90. The first-order chi connectivity index (χ1) is 12.6. The van der Waals surface area contributed by atoms with Crippen molar-refractivity contribution in [1.82, 2.24) is 14.9 Å². The molecule has 0 aliphatic rings. The minimum atomic E-state index is -0.548. The lowest BCUT2D eigenvalue weighted by Crippen LogP contribution is -2.20. The third-order valence-electron chi connectivity index (χ3n) is 3.72. The fraction of sp³-hybridized carbons (Fsp3) is 0.167. The number of aryl methyl sites for hydroxylation is 1. The van der Waals surface area contributed by atoms with E-state index in [9.17, 15) is 4.79 Å². The van der Waals surface area contributed by atoms with Gasteiger partial charge in [0.1, 0.15) is 17.3 Å². The molecule has 0 saturated carbocycles. The monoisotopic (exact) mass is 369 g/mol. The number of benzene rings is 2. The van der Waals surface area contributed by atoms with Crippen LogP contribution in [0.4, 0.5) is 5.69 Å². The van der Waals surface area contributed by atoms with Gasteiger partial charge in [-0.2, -0.15) is 0 Å². The van der Waals surface area contributed by atoms with Crippen molar-refractivity contribution in [3.63, 3.8) is 0 Å². The molecule has 3 aromatic rings. The van der Waals surface area contributed by atoms with E-state index in [1.807, 2.05) is 55.5 Å². The summed E-state index contributed by atoms with van der Waals surface area (Å²) in [5.74, 6) is 6.20. The van der Waals surface area contributed by atoms with E-state index in [-0.39, 0.29) is 5.91 Å². The molecule has 1 amide bonds. The number of nitrogens with two attached hydrogens (primary N) is 1. The Kier molecular flexibility index (Phi) is 5.43. The van der Waals surface area contributed by atoms with Gasteiger partial charge in [0, 0.05) is 0 Å². The maximum absolute atomic E-state index is 13.0. The Bertz CT molecular complexity index is 898. The van der Waals surface area contributed by atoms with E-state index in [1.165, 1.54) is 22.8 Å². The van der Waals surface area contributed by atoms with Gasteiger partial charge < -0.3 is 15.9 Å². The van der Waals surface area contributed by atoms with Gasteiger partial charge >= 0.3 is 0 Å². The SMILES string of the molecule is COc1ccc(C)cc1NC(=O)[C@@H](Sc1nncn1N)c1ccccc1. The van der Waals surface area contributed by atoms with Crippen molar-refractivity contribution in [2.45, 2.75) is 17.3 Å². The Balaban J connectivity index is 1.90. The number of amides is 1. The Morgan fingerprint density at radius 3 is 2.69 bits per heavy atom. The molecule has 1 atom stereocenters. The van der Waals surface area contributed by atoms with Crippen molar-refractivity contribution in [2.24, 2.45) is 0 Å². The lowest BCUT2D eigenvalue weighted by Gasteiger charge is -2.18. The minimum Gasteiger partial charge on any atom is -0.495 e. The third kappa shape index (κ3) is 3.97. The molecule has 0 radical (unpaired) electrons. The van der Waals surface area contributed by atoms with Gasteiger partial charge in [0.2, 0.25) is 11.1 Å². The molecule has 7 nitrogen and oxygen atoms in total. The number of anilines is 1. The molecule has 0 bridgehead atoms. The van der Waals surface area contributed by atoms with Crippen LogP contribution in [0.25, 0.3) is 0 Å². The number of methoxy groups -OCH3 is 1. The highest BCUT2D eigenvalue weighted by Crippen LogP contribution is 2.35. The first-order valence-corrected chi connectivity index (χ1v) is 8.78. The van der Waals surface area contributed by atoms with Crippen LogP contribution < -0.4 is 15.9 Å². The van der Waals surface area contributed by atoms with Gasteiger partial charge in [-0.05, 0) is 30.2 Å². The average molecular weight is 369 g/mol. The third-order valence-corrected chi connectivity index (χ3v) is 4.94. The highest BCUT2D eigenvalue weighted by molar-refractivity contribution is 8.00. The lowest BCUT2D eigenvalue weighted by atomic mass is 10.1. The van der Waals surface area contributed by atoms with Gasteiger partial charge in [-0.3, -0.25) is 4.79 Å². The van der Waals surface area contributed by atoms with Crippen molar-refractivity contribution in [1.29, 1.82) is 0 Å². The zero-order valence-corrected chi connectivity index (χ0v) is 15.2. The molecule has 1 aromatic heterocycles. The molecule has 0 spiro atoms. The fourth-order valence-corrected chi connectivity index (χ4v) is 3.37. The number of nitrogens with one attached hydrogen (secondary N) is 1. The van der Waals surface area contributed by atoms with E-state index < -0.39 is 5.25 Å². The van der Waals surface area contributed by atoms with Crippen molar-refractivity contribution >= 4 is 23.4 Å². The van der Waals surface area contributed by atoms with E-state index in [4.69, 9.17) is 10.6 Å². The topological polar surface area (TPSA) is 95.1 Å². The van der Waals surface area contributed by atoms with Crippen molar-refractivity contribution in [3.05, 3.63) is 66.0 Å². The molecular weight excluding hydrogens is 350 g/mol. The summed E-state index contributed by atoms with van der Waals surface area (Å²) in [4.78, 5) is 13.0. The van der Waals surface area contributed by atoms with Gasteiger partial charge in [0.15, 0.2) is 0 Å². The Labute approximate surface area is 155 Å². The minimum absolute atomic E-state index is 0.201. The van der Waals surface area contributed by atoms with E-state index >= 15 is 0 Å². The highest BCUT2D eigenvalue weighted by atomic mass is 32.2. The molecule has 0 aliphatic carbocycles. The lowest BCUT2D eigenvalue weighted by molar-refractivity contribution is -0.115.